The lowest BCUT2D eigenvalue weighted by Crippen LogP contribution is -2.31. The van der Waals surface area contributed by atoms with Gasteiger partial charge in [-0.2, -0.15) is 0 Å². The van der Waals surface area contributed by atoms with Crippen molar-refractivity contribution in [3.63, 3.8) is 0 Å². The molecule has 0 fully saturated rings. The molecular formula is C17H15BrN2O4S. The van der Waals surface area contributed by atoms with E-state index < -0.39 is 10.0 Å². The van der Waals surface area contributed by atoms with Gasteiger partial charge in [0, 0.05) is 6.20 Å². The Balaban J connectivity index is 2.06. The van der Waals surface area contributed by atoms with Crippen molar-refractivity contribution in [1.29, 1.82) is 0 Å². The van der Waals surface area contributed by atoms with Crippen LogP contribution in [0.15, 0.2) is 74.8 Å². The number of halogens is 1. The Morgan fingerprint density at radius 3 is 2.64 bits per heavy atom. The quantitative estimate of drug-likeness (QED) is 0.603. The topological polar surface area (TPSA) is 72.6 Å². The molecule has 0 atom stereocenters. The predicted molar refractivity (Wildman–Crippen MR) is 97.0 cm³/mol. The lowest BCUT2D eigenvalue weighted by molar-refractivity contribution is 0.411. The molecule has 6 nitrogen and oxygen atoms in total. The lowest BCUT2D eigenvalue weighted by Gasteiger charge is -2.22. The Kier molecular flexibility index (Phi) is 5.10. The van der Waals surface area contributed by atoms with Crippen LogP contribution in [0.2, 0.25) is 0 Å². The molecule has 8 heteroatoms. The van der Waals surface area contributed by atoms with Crippen molar-refractivity contribution in [2.75, 3.05) is 11.4 Å². The Labute approximate surface area is 154 Å². The highest BCUT2D eigenvalue weighted by Crippen LogP contribution is 2.30. The van der Waals surface area contributed by atoms with E-state index in [0.29, 0.717) is 21.8 Å². The van der Waals surface area contributed by atoms with E-state index in [0.717, 1.165) is 0 Å². The van der Waals surface area contributed by atoms with Gasteiger partial charge >= 0.3 is 0 Å². The van der Waals surface area contributed by atoms with Gasteiger partial charge in [-0.1, -0.05) is 6.07 Å². The molecule has 0 saturated heterocycles. The summed E-state index contributed by atoms with van der Waals surface area (Å²) in [4.78, 5) is 4.30. The van der Waals surface area contributed by atoms with Crippen LogP contribution in [-0.2, 0) is 16.6 Å². The summed E-state index contributed by atoms with van der Waals surface area (Å²) in [6.07, 6.45) is 3.05. The van der Waals surface area contributed by atoms with E-state index in [1.54, 1.807) is 42.6 Å². The molecule has 0 N–H and O–H groups in total. The number of methoxy groups -OCH3 is 1. The number of rotatable bonds is 6. The first-order valence-corrected chi connectivity index (χ1v) is 9.55. The monoisotopic (exact) mass is 422 g/mol. The van der Waals surface area contributed by atoms with Crippen LogP contribution < -0.4 is 9.04 Å². The number of anilines is 1. The summed E-state index contributed by atoms with van der Waals surface area (Å²) in [5.74, 6) is 1.38. The summed E-state index contributed by atoms with van der Waals surface area (Å²) in [5, 5.41) is 0. The van der Waals surface area contributed by atoms with Crippen LogP contribution in [0.5, 0.6) is 5.75 Å². The SMILES string of the molecule is COc1ccc(S(=O)(=O)N(Cc2ccco2)c2ccccn2)cc1Br. The Bertz CT molecular complexity index is 944. The normalized spacial score (nSPS) is 11.3. The Morgan fingerprint density at radius 1 is 1.20 bits per heavy atom. The molecule has 0 aliphatic heterocycles. The van der Waals surface area contributed by atoms with Gasteiger partial charge in [0.2, 0.25) is 0 Å². The number of aromatic nitrogens is 1. The first-order chi connectivity index (χ1) is 12.0. The third-order valence-electron chi connectivity index (χ3n) is 3.50. The standard InChI is InChI=1S/C17H15BrN2O4S/c1-23-16-8-7-14(11-15(16)18)25(21,22)20(12-13-5-4-10-24-13)17-6-2-3-9-19-17/h2-11H,12H2,1H3. The molecule has 0 saturated carbocycles. The van der Waals surface area contributed by atoms with Crippen LogP contribution in [0.3, 0.4) is 0 Å². The van der Waals surface area contributed by atoms with Crippen molar-refractivity contribution >= 4 is 31.8 Å². The number of benzene rings is 1. The second kappa shape index (κ2) is 7.28. The van der Waals surface area contributed by atoms with Gasteiger partial charge in [-0.3, -0.25) is 0 Å². The highest BCUT2D eigenvalue weighted by molar-refractivity contribution is 9.10. The first kappa shape index (κ1) is 17.5. The minimum Gasteiger partial charge on any atom is -0.496 e. The van der Waals surface area contributed by atoms with Crippen molar-refractivity contribution in [3.05, 3.63) is 71.2 Å². The van der Waals surface area contributed by atoms with E-state index in [2.05, 4.69) is 20.9 Å². The zero-order valence-electron chi connectivity index (χ0n) is 13.3. The van der Waals surface area contributed by atoms with Crippen LogP contribution in [0.4, 0.5) is 5.82 Å². The molecular weight excluding hydrogens is 408 g/mol. The second-order valence-electron chi connectivity index (χ2n) is 5.08. The van der Waals surface area contributed by atoms with Gasteiger partial charge in [0.05, 0.1) is 29.3 Å². The maximum atomic E-state index is 13.2. The van der Waals surface area contributed by atoms with Gasteiger partial charge in [0.1, 0.15) is 17.3 Å². The van der Waals surface area contributed by atoms with Gasteiger partial charge in [-0.25, -0.2) is 17.7 Å². The molecule has 0 bridgehead atoms. The van der Waals surface area contributed by atoms with Crippen molar-refractivity contribution in [3.8, 4) is 5.75 Å². The van der Waals surface area contributed by atoms with Crippen molar-refractivity contribution in [2.24, 2.45) is 0 Å². The van der Waals surface area contributed by atoms with E-state index in [9.17, 15) is 8.42 Å². The maximum absolute atomic E-state index is 13.2. The molecule has 0 amide bonds. The zero-order valence-corrected chi connectivity index (χ0v) is 15.7. The van der Waals surface area contributed by atoms with Gasteiger partial charge in [0.15, 0.2) is 0 Å². The molecule has 0 radical (unpaired) electrons. The van der Waals surface area contributed by atoms with E-state index in [-0.39, 0.29) is 11.4 Å². The lowest BCUT2D eigenvalue weighted by atomic mass is 10.3. The fraction of sp³-hybridized carbons (Fsp3) is 0.118. The number of pyridine rings is 1. The van der Waals surface area contributed by atoms with Gasteiger partial charge < -0.3 is 9.15 Å². The van der Waals surface area contributed by atoms with Gasteiger partial charge in [-0.15, -0.1) is 0 Å². The van der Waals surface area contributed by atoms with Crippen LogP contribution in [0.1, 0.15) is 5.76 Å². The number of ether oxygens (including phenoxy) is 1. The van der Waals surface area contributed by atoms with Crippen molar-refractivity contribution < 1.29 is 17.6 Å². The van der Waals surface area contributed by atoms with Crippen molar-refractivity contribution in [2.45, 2.75) is 11.4 Å². The summed E-state index contributed by atoms with van der Waals surface area (Å²) in [7, 11) is -2.33. The summed E-state index contributed by atoms with van der Waals surface area (Å²) < 4.78 is 38.6. The van der Waals surface area contributed by atoms with E-state index in [1.165, 1.54) is 29.8 Å². The Morgan fingerprint density at radius 2 is 2.04 bits per heavy atom. The third-order valence-corrected chi connectivity index (χ3v) is 5.86. The molecule has 3 rings (SSSR count). The highest BCUT2D eigenvalue weighted by Gasteiger charge is 2.27. The molecule has 3 aromatic rings. The fourth-order valence-corrected chi connectivity index (χ4v) is 4.37. The highest BCUT2D eigenvalue weighted by atomic mass is 79.9. The summed E-state index contributed by atoms with van der Waals surface area (Å²) in [6.45, 7) is 0.0377. The molecule has 0 unspecified atom stereocenters. The van der Waals surface area contributed by atoms with Gasteiger partial charge in [0.25, 0.3) is 10.0 Å². The van der Waals surface area contributed by atoms with E-state index in [4.69, 9.17) is 9.15 Å². The second-order valence-corrected chi connectivity index (χ2v) is 7.79. The number of furan rings is 1. The number of hydrogen-bond acceptors (Lipinski definition) is 5. The molecule has 25 heavy (non-hydrogen) atoms. The molecule has 2 heterocycles. The fourth-order valence-electron chi connectivity index (χ4n) is 2.27. The zero-order chi connectivity index (χ0) is 17.9. The van der Waals surface area contributed by atoms with Crippen LogP contribution in [0, 0.1) is 0 Å². The summed E-state index contributed by atoms with van der Waals surface area (Å²) in [6, 6.07) is 13.1. The minimum atomic E-state index is -3.85. The van der Waals surface area contributed by atoms with E-state index >= 15 is 0 Å². The van der Waals surface area contributed by atoms with Crippen LogP contribution >= 0.6 is 15.9 Å². The Hall–Kier alpha value is -2.32. The molecule has 0 aliphatic carbocycles. The average Bonchev–Trinajstić information content (AvgIpc) is 3.13. The maximum Gasteiger partial charge on any atom is 0.265 e. The van der Waals surface area contributed by atoms with E-state index in [1.807, 2.05) is 0 Å². The minimum absolute atomic E-state index is 0.0377. The number of sulfonamides is 1. The molecule has 0 aliphatic rings. The van der Waals surface area contributed by atoms with Crippen LogP contribution in [-0.4, -0.2) is 20.5 Å². The third kappa shape index (κ3) is 3.69. The average molecular weight is 423 g/mol. The molecule has 0 spiro atoms. The summed E-state index contributed by atoms with van der Waals surface area (Å²) in [5.41, 5.74) is 0. The first-order valence-electron chi connectivity index (χ1n) is 7.32. The van der Waals surface area contributed by atoms with Crippen molar-refractivity contribution in [1.82, 2.24) is 4.98 Å². The molecule has 2 aromatic heterocycles. The smallest absolute Gasteiger partial charge is 0.265 e. The summed E-state index contributed by atoms with van der Waals surface area (Å²) >= 11 is 3.32. The number of nitrogens with zero attached hydrogens (tertiary/aromatic N) is 2. The molecule has 1 aromatic carbocycles. The van der Waals surface area contributed by atoms with Crippen LogP contribution in [0.25, 0.3) is 0 Å². The number of hydrogen-bond donors (Lipinski definition) is 0. The van der Waals surface area contributed by atoms with Gasteiger partial charge in [-0.05, 0) is 58.4 Å². The predicted octanol–water partition coefficient (Wildman–Crippen LogP) is 3.84. The largest absolute Gasteiger partial charge is 0.496 e. The molecule has 130 valence electrons.